The number of nitrogens with one attached hydrogen (secondary N) is 2. The molecule has 2 aromatic rings. The van der Waals surface area contributed by atoms with Crippen LogP contribution in [0.15, 0.2) is 36.5 Å². The van der Waals surface area contributed by atoms with E-state index in [1.807, 2.05) is 19.1 Å². The topological polar surface area (TPSA) is 121 Å². The molecular formula is C20H26N4O5. The Morgan fingerprint density at radius 2 is 2.03 bits per heavy atom. The molecule has 0 saturated carbocycles. The second-order valence-corrected chi connectivity index (χ2v) is 6.54. The number of nitrogens with zero attached hydrogens (tertiary/aromatic N) is 2. The highest BCUT2D eigenvalue weighted by Crippen LogP contribution is 2.22. The molecule has 0 radical (unpaired) electrons. The van der Waals surface area contributed by atoms with Crippen LogP contribution in [0.1, 0.15) is 32.6 Å². The van der Waals surface area contributed by atoms with Crippen LogP contribution in [0.5, 0.6) is 5.75 Å². The number of para-hydroxylation sites is 1. The van der Waals surface area contributed by atoms with Gasteiger partial charge in [-0.1, -0.05) is 44.4 Å². The molecule has 1 aromatic carbocycles. The minimum Gasteiger partial charge on any atom is -0.408 e. The summed E-state index contributed by atoms with van der Waals surface area (Å²) in [4.78, 5) is 39.2. The van der Waals surface area contributed by atoms with Crippen molar-refractivity contribution in [1.29, 1.82) is 0 Å². The van der Waals surface area contributed by atoms with E-state index in [-0.39, 0.29) is 25.5 Å². The van der Waals surface area contributed by atoms with Crippen LogP contribution < -0.4 is 15.4 Å². The number of amides is 3. The number of aromatic nitrogens is 1. The minimum absolute atomic E-state index is 0.106. The van der Waals surface area contributed by atoms with Crippen molar-refractivity contribution >= 4 is 29.3 Å². The van der Waals surface area contributed by atoms with Crippen molar-refractivity contribution in [2.75, 3.05) is 13.2 Å². The average Bonchev–Trinajstić information content (AvgIpc) is 2.73. The van der Waals surface area contributed by atoms with Gasteiger partial charge in [-0.15, -0.1) is 0 Å². The van der Waals surface area contributed by atoms with Gasteiger partial charge in [0.2, 0.25) is 12.3 Å². The molecule has 9 nitrogen and oxygen atoms in total. The Morgan fingerprint density at radius 3 is 2.79 bits per heavy atom. The molecule has 0 aliphatic rings. The predicted octanol–water partition coefficient (Wildman–Crippen LogP) is 2.44. The van der Waals surface area contributed by atoms with Crippen LogP contribution in [0, 0.1) is 5.92 Å². The van der Waals surface area contributed by atoms with Gasteiger partial charge in [0.1, 0.15) is 5.52 Å². The van der Waals surface area contributed by atoms with Crippen LogP contribution in [0.3, 0.4) is 0 Å². The lowest BCUT2D eigenvalue weighted by Crippen LogP contribution is -2.43. The fourth-order valence-electron chi connectivity index (χ4n) is 2.86. The summed E-state index contributed by atoms with van der Waals surface area (Å²) in [7, 11) is 0. The van der Waals surface area contributed by atoms with Gasteiger partial charge in [-0.05, 0) is 18.6 Å². The van der Waals surface area contributed by atoms with E-state index in [9.17, 15) is 19.6 Å². The molecule has 156 valence electrons. The third kappa shape index (κ3) is 7.04. The summed E-state index contributed by atoms with van der Waals surface area (Å²) in [5.74, 6) is -0.628. The summed E-state index contributed by atoms with van der Waals surface area (Å²) >= 11 is 0. The van der Waals surface area contributed by atoms with Crippen molar-refractivity contribution in [2.45, 2.75) is 32.6 Å². The number of pyridine rings is 1. The highest BCUT2D eigenvalue weighted by molar-refractivity contribution is 5.86. The first-order valence-corrected chi connectivity index (χ1v) is 9.53. The summed E-state index contributed by atoms with van der Waals surface area (Å²) in [6, 6.07) is 8.89. The lowest BCUT2D eigenvalue weighted by Gasteiger charge is -2.19. The standard InChI is InChI=1S/C20H26N4O5/c1-2-3-4-7-16(12-24(28)14-25)19(26)22-13-23-20(27)29-17-10-5-8-15-9-6-11-21-18(15)17/h5-6,8-11,14,16,28H,2-4,7,12-13H2,1H3,(H,22,26)(H,23,27)/t16-/m1/s1. The van der Waals surface area contributed by atoms with Gasteiger partial charge in [-0.25, -0.2) is 9.86 Å². The first kappa shape index (κ1) is 22.1. The SMILES string of the molecule is CCCCC[C@H](CN(O)C=O)C(=O)NCNC(=O)Oc1cccc2cccnc12. The lowest BCUT2D eigenvalue weighted by molar-refractivity contribution is -0.154. The molecule has 0 saturated heterocycles. The van der Waals surface area contributed by atoms with E-state index in [1.54, 1.807) is 24.4 Å². The Bertz CT molecular complexity index is 824. The number of unbranched alkanes of at least 4 members (excludes halogenated alkanes) is 2. The fraction of sp³-hybridized carbons (Fsp3) is 0.400. The summed E-state index contributed by atoms with van der Waals surface area (Å²) in [5, 5.41) is 15.7. The number of fused-ring (bicyclic) bond motifs is 1. The summed E-state index contributed by atoms with van der Waals surface area (Å²) in [5.41, 5.74) is 0.557. The van der Waals surface area contributed by atoms with E-state index < -0.39 is 12.0 Å². The number of hydrogen-bond acceptors (Lipinski definition) is 6. The highest BCUT2D eigenvalue weighted by atomic mass is 16.6. The Kier molecular flexibility index (Phi) is 8.84. The summed E-state index contributed by atoms with van der Waals surface area (Å²) in [6.45, 7) is 1.79. The molecule has 0 spiro atoms. The largest absolute Gasteiger partial charge is 0.414 e. The Hall–Kier alpha value is -3.20. The van der Waals surface area contributed by atoms with Gasteiger partial charge >= 0.3 is 6.09 Å². The maximum atomic E-state index is 12.3. The molecule has 29 heavy (non-hydrogen) atoms. The number of carbonyl (C=O) groups is 3. The van der Waals surface area contributed by atoms with Crippen LogP contribution in [-0.4, -0.2) is 46.9 Å². The number of hydrogen-bond donors (Lipinski definition) is 3. The van der Waals surface area contributed by atoms with Crippen molar-refractivity contribution in [3.8, 4) is 5.75 Å². The monoisotopic (exact) mass is 402 g/mol. The van der Waals surface area contributed by atoms with Crippen LogP contribution >= 0.6 is 0 Å². The van der Waals surface area contributed by atoms with E-state index in [0.29, 0.717) is 22.8 Å². The number of hydroxylamine groups is 2. The number of rotatable bonds is 11. The second kappa shape index (κ2) is 11.6. The molecule has 1 atom stereocenters. The van der Waals surface area contributed by atoms with Gasteiger partial charge in [-0.3, -0.25) is 19.8 Å². The van der Waals surface area contributed by atoms with Crippen LogP contribution in [0.2, 0.25) is 0 Å². The molecule has 0 aliphatic heterocycles. The van der Waals surface area contributed by atoms with Gasteiger partial charge in [0.15, 0.2) is 5.75 Å². The van der Waals surface area contributed by atoms with E-state index in [4.69, 9.17) is 4.74 Å². The van der Waals surface area contributed by atoms with Gasteiger partial charge < -0.3 is 15.4 Å². The first-order chi connectivity index (χ1) is 14.0. The Labute approximate surface area is 169 Å². The van der Waals surface area contributed by atoms with E-state index in [2.05, 4.69) is 15.6 Å². The molecule has 9 heteroatoms. The molecule has 3 amide bonds. The van der Waals surface area contributed by atoms with Gasteiger partial charge in [0.05, 0.1) is 19.1 Å². The lowest BCUT2D eigenvalue weighted by atomic mass is 10.0. The van der Waals surface area contributed by atoms with Gasteiger partial charge in [0.25, 0.3) is 0 Å². The van der Waals surface area contributed by atoms with Crippen molar-refractivity contribution < 1.29 is 24.3 Å². The molecule has 1 heterocycles. The number of benzene rings is 1. The highest BCUT2D eigenvalue weighted by Gasteiger charge is 2.20. The maximum absolute atomic E-state index is 12.3. The van der Waals surface area contributed by atoms with E-state index in [0.717, 1.165) is 24.6 Å². The third-order valence-corrected chi connectivity index (χ3v) is 4.35. The zero-order valence-corrected chi connectivity index (χ0v) is 16.3. The average molecular weight is 402 g/mol. The zero-order chi connectivity index (χ0) is 21.1. The molecule has 0 aliphatic carbocycles. The third-order valence-electron chi connectivity index (χ3n) is 4.35. The normalized spacial score (nSPS) is 11.5. The first-order valence-electron chi connectivity index (χ1n) is 9.53. The van der Waals surface area contributed by atoms with Crippen molar-refractivity contribution in [1.82, 2.24) is 20.7 Å². The van der Waals surface area contributed by atoms with Crippen molar-refractivity contribution in [3.05, 3.63) is 36.5 Å². The molecule has 3 N–H and O–H groups in total. The smallest absolute Gasteiger partial charge is 0.408 e. The summed E-state index contributed by atoms with van der Waals surface area (Å²) < 4.78 is 5.27. The summed E-state index contributed by atoms with van der Waals surface area (Å²) in [6.07, 6.45) is 4.38. The van der Waals surface area contributed by atoms with Gasteiger partial charge in [0, 0.05) is 11.6 Å². The number of ether oxygens (including phenoxy) is 1. The van der Waals surface area contributed by atoms with Crippen LogP contribution in [0.4, 0.5) is 4.79 Å². The molecule has 2 rings (SSSR count). The zero-order valence-electron chi connectivity index (χ0n) is 16.3. The number of carbonyl (C=O) groups excluding carboxylic acids is 3. The fourth-order valence-corrected chi connectivity index (χ4v) is 2.86. The van der Waals surface area contributed by atoms with Gasteiger partial charge in [-0.2, -0.15) is 0 Å². The van der Waals surface area contributed by atoms with Crippen LogP contribution in [-0.2, 0) is 9.59 Å². The quantitative estimate of drug-likeness (QED) is 0.175. The predicted molar refractivity (Wildman–Crippen MR) is 106 cm³/mol. The molecule has 1 aromatic heterocycles. The van der Waals surface area contributed by atoms with Crippen LogP contribution in [0.25, 0.3) is 10.9 Å². The molecule has 0 unspecified atom stereocenters. The minimum atomic E-state index is -0.734. The Balaban J connectivity index is 1.85. The van der Waals surface area contributed by atoms with Crippen molar-refractivity contribution in [2.24, 2.45) is 5.92 Å². The molecule has 0 bridgehead atoms. The Morgan fingerprint density at radius 1 is 1.24 bits per heavy atom. The van der Waals surface area contributed by atoms with Crippen molar-refractivity contribution in [3.63, 3.8) is 0 Å². The maximum Gasteiger partial charge on any atom is 0.414 e. The second-order valence-electron chi connectivity index (χ2n) is 6.54. The molecule has 0 fully saturated rings. The van der Waals surface area contributed by atoms with E-state index in [1.165, 1.54) is 0 Å². The van der Waals surface area contributed by atoms with E-state index >= 15 is 0 Å². The molecular weight excluding hydrogens is 376 g/mol.